The Balaban J connectivity index is 1.37. The molecule has 0 bridgehead atoms. The quantitative estimate of drug-likeness (QED) is 0.407. The zero-order valence-corrected chi connectivity index (χ0v) is 16.7. The Hall–Kier alpha value is -2.79. The standard InChI is InChI=1S/C24H18IO2/c1-3-7-21(8-4-1)26-23-15-11-19(12-16-23)25-20-13-17-24(18-14-20)27-22-9-5-2-6-10-22/h1-18H/q+1. The van der Waals surface area contributed by atoms with Gasteiger partial charge in [0.1, 0.15) is 23.0 Å². The summed E-state index contributed by atoms with van der Waals surface area (Å²) < 4.78 is 14.4. The smallest absolute Gasteiger partial charge is 0.357 e. The first-order chi connectivity index (χ1) is 13.3. The van der Waals surface area contributed by atoms with Gasteiger partial charge >= 0.3 is 21.2 Å². The van der Waals surface area contributed by atoms with Crippen LogP contribution in [0.2, 0.25) is 0 Å². The average Bonchev–Trinajstić information content (AvgIpc) is 2.73. The zero-order valence-electron chi connectivity index (χ0n) is 14.6. The molecular weight excluding hydrogens is 447 g/mol. The van der Waals surface area contributed by atoms with Crippen LogP contribution in [0.5, 0.6) is 23.0 Å². The molecule has 4 rings (SSSR count). The normalized spacial score (nSPS) is 10.4. The second-order valence-corrected chi connectivity index (χ2v) is 8.86. The lowest BCUT2D eigenvalue weighted by Gasteiger charge is -2.04. The molecule has 4 aromatic rings. The topological polar surface area (TPSA) is 18.5 Å². The summed E-state index contributed by atoms with van der Waals surface area (Å²) in [5.74, 6) is 3.43. The van der Waals surface area contributed by atoms with Crippen LogP contribution in [0.4, 0.5) is 0 Å². The third kappa shape index (κ3) is 5.11. The Morgan fingerprint density at radius 1 is 0.370 bits per heavy atom. The van der Waals surface area contributed by atoms with Crippen LogP contribution >= 0.6 is 0 Å². The number of ether oxygens (including phenoxy) is 2. The predicted octanol–water partition coefficient (Wildman–Crippen LogP) is 3.40. The van der Waals surface area contributed by atoms with E-state index in [9.17, 15) is 0 Å². The van der Waals surface area contributed by atoms with E-state index in [4.69, 9.17) is 9.47 Å². The van der Waals surface area contributed by atoms with E-state index in [1.165, 1.54) is 7.14 Å². The summed E-state index contributed by atoms with van der Waals surface area (Å²) in [7, 11) is 0. The summed E-state index contributed by atoms with van der Waals surface area (Å²) in [6, 6.07) is 36.4. The molecule has 3 heteroatoms. The maximum absolute atomic E-state index is 5.85. The molecule has 0 unspecified atom stereocenters. The Labute approximate surface area is 169 Å². The summed E-state index contributed by atoms with van der Waals surface area (Å²) in [6.07, 6.45) is 0. The van der Waals surface area contributed by atoms with Crippen molar-refractivity contribution in [1.82, 2.24) is 0 Å². The molecule has 0 aliphatic carbocycles. The van der Waals surface area contributed by atoms with Crippen molar-refractivity contribution in [2.75, 3.05) is 0 Å². The molecule has 0 fully saturated rings. The maximum atomic E-state index is 5.85. The van der Waals surface area contributed by atoms with E-state index in [1.54, 1.807) is 0 Å². The second-order valence-electron chi connectivity index (χ2n) is 5.83. The molecule has 0 aromatic heterocycles. The van der Waals surface area contributed by atoms with Gasteiger partial charge in [0.15, 0.2) is 7.14 Å². The molecule has 0 amide bonds. The number of benzene rings is 4. The van der Waals surface area contributed by atoms with Crippen molar-refractivity contribution in [1.29, 1.82) is 0 Å². The molecule has 2 nitrogen and oxygen atoms in total. The molecule has 0 N–H and O–H groups in total. The summed E-state index contributed by atoms with van der Waals surface area (Å²) in [4.78, 5) is 0. The third-order valence-corrected chi connectivity index (χ3v) is 6.49. The highest BCUT2D eigenvalue weighted by Crippen LogP contribution is 2.20. The molecular formula is C24H18IO2+. The highest BCUT2D eigenvalue weighted by molar-refractivity contribution is 5.31. The maximum Gasteiger partial charge on any atom is 0.357 e. The minimum Gasteiger partial charge on any atom is -0.457 e. The fraction of sp³-hybridized carbons (Fsp3) is 0. The van der Waals surface area contributed by atoms with Crippen molar-refractivity contribution in [2.24, 2.45) is 0 Å². The number of hydrogen-bond donors (Lipinski definition) is 0. The van der Waals surface area contributed by atoms with Crippen molar-refractivity contribution in [3.05, 3.63) is 116 Å². The van der Waals surface area contributed by atoms with Crippen LogP contribution in [0.15, 0.2) is 109 Å². The van der Waals surface area contributed by atoms with Crippen molar-refractivity contribution >= 4 is 0 Å². The predicted molar refractivity (Wildman–Crippen MR) is 103 cm³/mol. The summed E-state index contributed by atoms with van der Waals surface area (Å²) >= 11 is -0.229. The van der Waals surface area contributed by atoms with Crippen molar-refractivity contribution < 1.29 is 30.7 Å². The van der Waals surface area contributed by atoms with Crippen molar-refractivity contribution in [3.63, 3.8) is 0 Å². The summed E-state index contributed by atoms with van der Waals surface area (Å²) in [5.41, 5.74) is 0. The average molecular weight is 465 g/mol. The molecule has 0 aliphatic heterocycles. The summed E-state index contributed by atoms with van der Waals surface area (Å²) in [6.45, 7) is 0. The highest BCUT2D eigenvalue weighted by atomic mass is 127. The van der Waals surface area contributed by atoms with Crippen LogP contribution < -0.4 is 30.7 Å². The van der Waals surface area contributed by atoms with E-state index in [0.29, 0.717) is 0 Å². The van der Waals surface area contributed by atoms with Crippen LogP contribution in [0.25, 0.3) is 0 Å². The Kier molecular flexibility index (Phi) is 5.70. The van der Waals surface area contributed by atoms with Gasteiger partial charge in [-0.15, -0.1) is 0 Å². The third-order valence-electron chi connectivity index (χ3n) is 3.80. The Morgan fingerprint density at radius 3 is 1.07 bits per heavy atom. The first-order valence-corrected chi connectivity index (χ1v) is 10.8. The fourth-order valence-corrected chi connectivity index (χ4v) is 4.66. The molecule has 0 saturated heterocycles. The monoisotopic (exact) mass is 465 g/mol. The van der Waals surface area contributed by atoms with Gasteiger partial charge in [0.2, 0.25) is 0 Å². The van der Waals surface area contributed by atoms with Crippen LogP contribution in [-0.2, 0) is 0 Å². The first-order valence-electron chi connectivity index (χ1n) is 8.66. The minimum absolute atomic E-state index is 0.229. The molecule has 0 aliphatic rings. The van der Waals surface area contributed by atoms with Gasteiger partial charge in [-0.3, -0.25) is 0 Å². The van der Waals surface area contributed by atoms with E-state index < -0.39 is 0 Å². The molecule has 0 spiro atoms. The number of para-hydroxylation sites is 2. The molecule has 132 valence electrons. The Bertz CT molecular complexity index is 883. The van der Waals surface area contributed by atoms with Gasteiger partial charge in [0.25, 0.3) is 0 Å². The van der Waals surface area contributed by atoms with Gasteiger partial charge < -0.3 is 9.47 Å². The minimum atomic E-state index is -0.229. The van der Waals surface area contributed by atoms with Crippen molar-refractivity contribution in [3.8, 4) is 23.0 Å². The van der Waals surface area contributed by atoms with Crippen LogP contribution in [0, 0.1) is 7.14 Å². The largest absolute Gasteiger partial charge is 0.457 e. The van der Waals surface area contributed by atoms with Gasteiger partial charge in [-0.05, 0) is 72.8 Å². The first kappa shape index (κ1) is 17.6. The Morgan fingerprint density at radius 2 is 0.704 bits per heavy atom. The second kappa shape index (κ2) is 8.73. The highest BCUT2D eigenvalue weighted by Gasteiger charge is 2.15. The van der Waals surface area contributed by atoms with E-state index in [2.05, 4.69) is 24.3 Å². The zero-order chi connectivity index (χ0) is 18.3. The number of halogens is 1. The van der Waals surface area contributed by atoms with E-state index in [1.807, 2.05) is 84.9 Å². The number of rotatable bonds is 6. The molecule has 0 atom stereocenters. The molecule has 0 heterocycles. The van der Waals surface area contributed by atoms with Gasteiger partial charge in [-0.1, -0.05) is 36.4 Å². The lowest BCUT2D eigenvalue weighted by Crippen LogP contribution is -3.61. The lowest BCUT2D eigenvalue weighted by atomic mass is 10.3. The van der Waals surface area contributed by atoms with Gasteiger partial charge in [0.05, 0.1) is 0 Å². The van der Waals surface area contributed by atoms with Gasteiger partial charge in [0, 0.05) is 0 Å². The fourth-order valence-electron chi connectivity index (χ4n) is 2.51. The summed E-state index contributed by atoms with van der Waals surface area (Å²) in [5, 5.41) is 0. The van der Waals surface area contributed by atoms with Crippen molar-refractivity contribution in [2.45, 2.75) is 0 Å². The van der Waals surface area contributed by atoms with Crippen LogP contribution in [0.1, 0.15) is 0 Å². The van der Waals surface area contributed by atoms with E-state index in [-0.39, 0.29) is 21.2 Å². The van der Waals surface area contributed by atoms with Gasteiger partial charge in [-0.25, -0.2) is 0 Å². The van der Waals surface area contributed by atoms with E-state index >= 15 is 0 Å². The molecule has 0 radical (unpaired) electrons. The molecule has 27 heavy (non-hydrogen) atoms. The van der Waals surface area contributed by atoms with Crippen LogP contribution in [0.3, 0.4) is 0 Å². The SMILES string of the molecule is c1ccc(Oc2ccc([I+]c3ccc(Oc4ccccc4)cc3)cc2)cc1. The van der Waals surface area contributed by atoms with Gasteiger partial charge in [-0.2, -0.15) is 0 Å². The molecule has 4 aromatic carbocycles. The number of hydrogen-bond acceptors (Lipinski definition) is 2. The lowest BCUT2D eigenvalue weighted by molar-refractivity contribution is -0.597. The molecule has 0 saturated carbocycles. The van der Waals surface area contributed by atoms with E-state index in [0.717, 1.165) is 23.0 Å². The van der Waals surface area contributed by atoms with Crippen LogP contribution in [-0.4, -0.2) is 0 Å².